The number of hydrogen-bond donors (Lipinski definition) is 2. The van der Waals surface area contributed by atoms with Crippen molar-refractivity contribution in [3.05, 3.63) is 77.9 Å². The van der Waals surface area contributed by atoms with Gasteiger partial charge in [-0.25, -0.2) is 4.79 Å². The molecule has 116 valence electrons. The van der Waals surface area contributed by atoms with Crippen molar-refractivity contribution in [1.29, 1.82) is 0 Å². The third kappa shape index (κ3) is 3.34. The first-order valence-corrected chi connectivity index (χ1v) is 7.76. The first kappa shape index (κ1) is 15.1. The van der Waals surface area contributed by atoms with Crippen molar-refractivity contribution in [2.45, 2.75) is 19.9 Å². The number of fused-ring (bicyclic) bond motifs is 1. The number of aryl methyl sites for hydroxylation is 1. The van der Waals surface area contributed by atoms with E-state index in [-0.39, 0.29) is 12.1 Å². The number of carbonyl (C=O) groups excluding carboxylic acids is 1. The van der Waals surface area contributed by atoms with Crippen LogP contribution in [0.25, 0.3) is 10.8 Å². The lowest BCUT2D eigenvalue weighted by Crippen LogP contribution is -2.31. The molecule has 1 unspecified atom stereocenters. The van der Waals surface area contributed by atoms with Gasteiger partial charge in [-0.05, 0) is 36.4 Å². The van der Waals surface area contributed by atoms with Crippen LogP contribution in [0.5, 0.6) is 0 Å². The van der Waals surface area contributed by atoms with E-state index in [9.17, 15) is 4.79 Å². The Hall–Kier alpha value is -2.81. The maximum absolute atomic E-state index is 12.3. The van der Waals surface area contributed by atoms with Crippen LogP contribution >= 0.6 is 0 Å². The van der Waals surface area contributed by atoms with E-state index in [1.165, 1.54) is 5.56 Å². The zero-order chi connectivity index (χ0) is 16.2. The third-order valence-corrected chi connectivity index (χ3v) is 4.04. The lowest BCUT2D eigenvalue weighted by atomic mass is 10.0. The Morgan fingerprint density at radius 1 is 0.913 bits per heavy atom. The second-order valence-electron chi connectivity index (χ2n) is 5.70. The highest BCUT2D eigenvalue weighted by Crippen LogP contribution is 2.23. The summed E-state index contributed by atoms with van der Waals surface area (Å²) in [6, 6.07) is 21.7. The summed E-state index contributed by atoms with van der Waals surface area (Å²) in [7, 11) is 0. The Labute approximate surface area is 136 Å². The molecule has 0 spiro atoms. The fourth-order valence-corrected chi connectivity index (χ4v) is 2.84. The summed E-state index contributed by atoms with van der Waals surface area (Å²) in [5.74, 6) is 0. The number of rotatable bonds is 3. The minimum absolute atomic E-state index is 0.0498. The van der Waals surface area contributed by atoms with Crippen molar-refractivity contribution in [2.24, 2.45) is 0 Å². The highest BCUT2D eigenvalue weighted by molar-refractivity contribution is 6.01. The second kappa shape index (κ2) is 6.53. The summed E-state index contributed by atoms with van der Waals surface area (Å²) in [6.45, 7) is 4.04. The third-order valence-electron chi connectivity index (χ3n) is 4.04. The molecule has 3 nitrogen and oxygen atoms in total. The molecule has 0 bridgehead atoms. The van der Waals surface area contributed by atoms with Gasteiger partial charge in [0.15, 0.2) is 0 Å². The SMILES string of the molecule is Cc1ccccc1C(C)NC(=O)Nc1cccc2ccccc12. The number of hydrogen-bond acceptors (Lipinski definition) is 1. The van der Waals surface area contributed by atoms with Crippen LogP contribution in [0.4, 0.5) is 10.5 Å². The molecule has 3 aromatic carbocycles. The Kier molecular flexibility index (Phi) is 4.29. The van der Waals surface area contributed by atoms with Crippen LogP contribution in [-0.2, 0) is 0 Å². The summed E-state index contributed by atoms with van der Waals surface area (Å²) >= 11 is 0. The molecular weight excluding hydrogens is 284 g/mol. The molecule has 0 saturated heterocycles. The highest BCUT2D eigenvalue weighted by Gasteiger charge is 2.12. The first-order valence-electron chi connectivity index (χ1n) is 7.76. The molecule has 0 fully saturated rings. The molecule has 3 aromatic rings. The number of amides is 2. The molecule has 2 N–H and O–H groups in total. The van der Waals surface area contributed by atoms with Gasteiger partial charge in [0.05, 0.1) is 11.7 Å². The molecule has 0 aliphatic rings. The van der Waals surface area contributed by atoms with Crippen LogP contribution in [0.1, 0.15) is 24.1 Å². The minimum Gasteiger partial charge on any atom is -0.331 e. The monoisotopic (exact) mass is 304 g/mol. The van der Waals surface area contributed by atoms with Crippen molar-refractivity contribution >= 4 is 22.5 Å². The van der Waals surface area contributed by atoms with Crippen molar-refractivity contribution in [3.63, 3.8) is 0 Å². The van der Waals surface area contributed by atoms with Crippen LogP contribution in [0, 0.1) is 6.92 Å². The smallest absolute Gasteiger partial charge is 0.319 e. The van der Waals surface area contributed by atoms with Crippen molar-refractivity contribution in [2.75, 3.05) is 5.32 Å². The molecule has 1 atom stereocenters. The molecule has 0 aliphatic carbocycles. The van der Waals surface area contributed by atoms with Crippen LogP contribution in [0.2, 0.25) is 0 Å². The van der Waals surface area contributed by atoms with Gasteiger partial charge in [0.1, 0.15) is 0 Å². The second-order valence-corrected chi connectivity index (χ2v) is 5.70. The standard InChI is InChI=1S/C20H20N2O/c1-14-8-3-5-11-17(14)15(2)21-20(23)22-19-13-7-10-16-9-4-6-12-18(16)19/h3-13,15H,1-2H3,(H2,21,22,23). The van der Waals surface area contributed by atoms with Gasteiger partial charge in [0.25, 0.3) is 0 Å². The Morgan fingerprint density at radius 2 is 1.61 bits per heavy atom. The van der Waals surface area contributed by atoms with Crippen molar-refractivity contribution in [1.82, 2.24) is 5.32 Å². The van der Waals surface area contributed by atoms with E-state index in [1.807, 2.05) is 67.6 Å². The molecule has 3 heteroatoms. The minimum atomic E-state index is -0.197. The van der Waals surface area contributed by atoms with Gasteiger partial charge in [0.2, 0.25) is 0 Å². The average molecular weight is 304 g/mol. The van der Waals surface area contributed by atoms with Gasteiger partial charge < -0.3 is 10.6 Å². The van der Waals surface area contributed by atoms with Crippen LogP contribution in [0.15, 0.2) is 66.7 Å². The summed E-state index contributed by atoms with van der Waals surface area (Å²) in [5.41, 5.74) is 3.11. The Morgan fingerprint density at radius 3 is 2.43 bits per heavy atom. The largest absolute Gasteiger partial charge is 0.331 e. The van der Waals surface area contributed by atoms with Gasteiger partial charge >= 0.3 is 6.03 Å². The summed E-state index contributed by atoms with van der Waals surface area (Å²) in [5, 5.41) is 8.10. The maximum atomic E-state index is 12.3. The zero-order valence-corrected chi connectivity index (χ0v) is 13.3. The van der Waals surface area contributed by atoms with Crippen LogP contribution in [0.3, 0.4) is 0 Å². The average Bonchev–Trinajstić information content (AvgIpc) is 2.55. The maximum Gasteiger partial charge on any atom is 0.319 e. The number of benzene rings is 3. The molecule has 0 aliphatic heterocycles. The lowest BCUT2D eigenvalue weighted by molar-refractivity contribution is 0.249. The first-order chi connectivity index (χ1) is 11.1. The van der Waals surface area contributed by atoms with Crippen LogP contribution in [-0.4, -0.2) is 6.03 Å². The van der Waals surface area contributed by atoms with Crippen molar-refractivity contribution in [3.8, 4) is 0 Å². The molecule has 23 heavy (non-hydrogen) atoms. The normalized spacial score (nSPS) is 11.9. The zero-order valence-electron chi connectivity index (χ0n) is 13.3. The van der Waals surface area contributed by atoms with E-state index < -0.39 is 0 Å². The van der Waals surface area contributed by atoms with E-state index in [2.05, 4.69) is 23.6 Å². The number of nitrogens with one attached hydrogen (secondary N) is 2. The van der Waals surface area contributed by atoms with Crippen LogP contribution < -0.4 is 10.6 Å². The van der Waals surface area contributed by atoms with E-state index in [4.69, 9.17) is 0 Å². The van der Waals surface area contributed by atoms with E-state index in [0.29, 0.717) is 0 Å². The Balaban J connectivity index is 1.75. The predicted molar refractivity (Wildman–Crippen MR) is 95.7 cm³/mol. The van der Waals surface area contributed by atoms with Crippen molar-refractivity contribution < 1.29 is 4.79 Å². The predicted octanol–water partition coefficient (Wildman–Crippen LogP) is 5.03. The van der Waals surface area contributed by atoms with Gasteiger partial charge in [-0.15, -0.1) is 0 Å². The Bertz CT molecular complexity index is 836. The fourth-order valence-electron chi connectivity index (χ4n) is 2.84. The molecule has 0 radical (unpaired) electrons. The topological polar surface area (TPSA) is 41.1 Å². The van der Waals surface area contributed by atoms with E-state index in [0.717, 1.165) is 22.0 Å². The number of carbonyl (C=O) groups is 1. The number of anilines is 1. The summed E-state index contributed by atoms with van der Waals surface area (Å²) in [4.78, 5) is 12.3. The highest BCUT2D eigenvalue weighted by atomic mass is 16.2. The van der Waals surface area contributed by atoms with E-state index >= 15 is 0 Å². The molecule has 0 aromatic heterocycles. The molecule has 2 amide bonds. The van der Waals surface area contributed by atoms with Gasteiger partial charge in [-0.1, -0.05) is 60.7 Å². The van der Waals surface area contributed by atoms with Gasteiger partial charge in [0, 0.05) is 5.39 Å². The number of urea groups is 1. The van der Waals surface area contributed by atoms with E-state index in [1.54, 1.807) is 0 Å². The lowest BCUT2D eigenvalue weighted by Gasteiger charge is -2.17. The molecule has 0 saturated carbocycles. The van der Waals surface area contributed by atoms with Gasteiger partial charge in [-0.2, -0.15) is 0 Å². The molecular formula is C20H20N2O. The summed E-state index contributed by atoms with van der Waals surface area (Å²) in [6.07, 6.45) is 0. The molecule has 3 rings (SSSR count). The van der Waals surface area contributed by atoms with Gasteiger partial charge in [-0.3, -0.25) is 0 Å². The quantitative estimate of drug-likeness (QED) is 0.700. The summed E-state index contributed by atoms with van der Waals surface area (Å²) < 4.78 is 0. The molecule has 0 heterocycles. The fraction of sp³-hybridized carbons (Fsp3) is 0.150.